The highest BCUT2D eigenvalue weighted by molar-refractivity contribution is 8.00. The maximum atomic E-state index is 13.4. The van der Waals surface area contributed by atoms with Crippen molar-refractivity contribution < 1.29 is 18.8 Å². The molecule has 1 aromatic carbocycles. The van der Waals surface area contributed by atoms with E-state index in [0.717, 1.165) is 17.8 Å². The number of ether oxygens (including phenoxy) is 1. The van der Waals surface area contributed by atoms with E-state index in [4.69, 9.17) is 4.74 Å². The number of nitrogens with zero attached hydrogens (tertiary/aromatic N) is 1. The monoisotopic (exact) mass is 273 g/mol. The molecule has 0 atom stereocenters. The molecule has 1 rings (SSSR count). The average Bonchev–Trinajstić information content (AvgIpc) is 2.26. The number of nitro benzene ring substituents is 1. The Labute approximate surface area is 107 Å². The van der Waals surface area contributed by atoms with Gasteiger partial charge in [-0.15, -0.1) is 11.8 Å². The number of halogens is 1. The van der Waals surface area contributed by atoms with Crippen molar-refractivity contribution in [2.75, 3.05) is 5.75 Å². The van der Waals surface area contributed by atoms with Crippen LogP contribution in [0.4, 0.5) is 10.1 Å². The standard InChI is InChI=1S/C11H12FNO4S/c1-7(2)17-11(14)6-18-10-4-3-8(13(15)16)5-9(10)12/h3-5,7H,6H2,1-2H3. The molecule has 0 amide bonds. The summed E-state index contributed by atoms with van der Waals surface area (Å²) in [5.74, 6) is -1.20. The summed E-state index contributed by atoms with van der Waals surface area (Å²) in [7, 11) is 0. The summed E-state index contributed by atoms with van der Waals surface area (Å²) in [6, 6.07) is 3.30. The van der Waals surface area contributed by atoms with Crippen molar-refractivity contribution in [3.8, 4) is 0 Å². The first-order valence-electron chi connectivity index (χ1n) is 5.16. The number of non-ortho nitro benzene ring substituents is 1. The third kappa shape index (κ3) is 4.33. The summed E-state index contributed by atoms with van der Waals surface area (Å²) in [5, 5.41) is 10.4. The lowest BCUT2D eigenvalue weighted by Gasteiger charge is -2.07. The van der Waals surface area contributed by atoms with Crippen molar-refractivity contribution in [1.29, 1.82) is 0 Å². The van der Waals surface area contributed by atoms with Gasteiger partial charge >= 0.3 is 5.97 Å². The molecule has 7 heteroatoms. The van der Waals surface area contributed by atoms with Gasteiger partial charge < -0.3 is 4.74 Å². The summed E-state index contributed by atoms with van der Waals surface area (Å²) in [6.07, 6.45) is -0.222. The summed E-state index contributed by atoms with van der Waals surface area (Å²) < 4.78 is 18.3. The Hall–Kier alpha value is -1.63. The first-order chi connectivity index (χ1) is 8.40. The van der Waals surface area contributed by atoms with E-state index in [2.05, 4.69) is 0 Å². The first kappa shape index (κ1) is 14.4. The zero-order valence-electron chi connectivity index (χ0n) is 9.88. The molecule has 0 aliphatic carbocycles. The van der Waals surface area contributed by atoms with Crippen LogP contribution in [0.2, 0.25) is 0 Å². The molecule has 0 heterocycles. The molecule has 0 aliphatic rings. The Morgan fingerprint density at radius 2 is 2.22 bits per heavy atom. The van der Waals surface area contributed by atoms with Crippen LogP contribution in [0.25, 0.3) is 0 Å². The minimum absolute atomic E-state index is 0.0348. The smallest absolute Gasteiger partial charge is 0.316 e. The van der Waals surface area contributed by atoms with Gasteiger partial charge in [0, 0.05) is 11.0 Å². The molecule has 0 unspecified atom stereocenters. The lowest BCUT2D eigenvalue weighted by molar-refractivity contribution is -0.385. The molecule has 0 fully saturated rings. The topological polar surface area (TPSA) is 69.4 Å². The number of carbonyl (C=O) groups excluding carboxylic acids is 1. The lowest BCUT2D eigenvalue weighted by atomic mass is 10.3. The van der Waals surface area contributed by atoms with Gasteiger partial charge in [-0.1, -0.05) is 0 Å². The molecule has 5 nitrogen and oxygen atoms in total. The summed E-state index contributed by atoms with van der Waals surface area (Å²) in [5.41, 5.74) is -0.318. The Bertz CT molecular complexity index is 464. The van der Waals surface area contributed by atoms with Gasteiger partial charge in [0.2, 0.25) is 0 Å². The van der Waals surface area contributed by atoms with E-state index in [9.17, 15) is 19.3 Å². The van der Waals surface area contributed by atoms with Crippen molar-refractivity contribution in [2.45, 2.75) is 24.8 Å². The average molecular weight is 273 g/mol. The SMILES string of the molecule is CC(C)OC(=O)CSc1ccc([N+](=O)[O-])cc1F. The Morgan fingerprint density at radius 1 is 1.56 bits per heavy atom. The van der Waals surface area contributed by atoms with Gasteiger partial charge in [0.25, 0.3) is 5.69 Å². The van der Waals surface area contributed by atoms with Gasteiger partial charge in [0.1, 0.15) is 5.82 Å². The van der Waals surface area contributed by atoms with E-state index in [1.165, 1.54) is 12.1 Å². The fourth-order valence-corrected chi connectivity index (χ4v) is 1.86. The third-order valence-electron chi connectivity index (χ3n) is 1.84. The minimum Gasteiger partial charge on any atom is -0.462 e. The van der Waals surface area contributed by atoms with E-state index in [-0.39, 0.29) is 22.4 Å². The number of esters is 1. The number of rotatable bonds is 5. The molecule has 0 spiro atoms. The maximum Gasteiger partial charge on any atom is 0.316 e. The fourth-order valence-electron chi connectivity index (χ4n) is 1.15. The van der Waals surface area contributed by atoms with Crippen LogP contribution in [0.1, 0.15) is 13.8 Å². The predicted octanol–water partition coefficient (Wildman–Crippen LogP) is 2.78. The van der Waals surface area contributed by atoms with E-state index < -0.39 is 16.7 Å². The highest BCUT2D eigenvalue weighted by atomic mass is 32.2. The summed E-state index contributed by atoms with van der Waals surface area (Å²) >= 11 is 0.945. The molecule has 18 heavy (non-hydrogen) atoms. The zero-order chi connectivity index (χ0) is 13.7. The maximum absolute atomic E-state index is 13.4. The number of carbonyl (C=O) groups is 1. The number of nitro groups is 1. The minimum atomic E-state index is -0.716. The molecular weight excluding hydrogens is 261 g/mol. The highest BCUT2D eigenvalue weighted by Crippen LogP contribution is 2.25. The van der Waals surface area contributed by atoms with Crippen LogP contribution < -0.4 is 0 Å². The molecule has 0 aliphatic heterocycles. The largest absolute Gasteiger partial charge is 0.462 e. The third-order valence-corrected chi connectivity index (χ3v) is 2.86. The van der Waals surface area contributed by atoms with Crippen molar-refractivity contribution in [3.63, 3.8) is 0 Å². The molecule has 0 saturated carbocycles. The number of thioether (sulfide) groups is 1. The molecule has 0 bridgehead atoms. The molecule has 0 aromatic heterocycles. The molecule has 1 aromatic rings. The van der Waals surface area contributed by atoms with Crippen LogP contribution >= 0.6 is 11.8 Å². The first-order valence-corrected chi connectivity index (χ1v) is 6.15. The fraction of sp³-hybridized carbons (Fsp3) is 0.364. The molecule has 98 valence electrons. The number of benzene rings is 1. The molecule has 0 radical (unpaired) electrons. The second kappa shape index (κ2) is 6.34. The Kier molecular flexibility index (Phi) is 5.08. The van der Waals surface area contributed by atoms with Gasteiger partial charge in [0.05, 0.1) is 22.8 Å². The van der Waals surface area contributed by atoms with E-state index in [0.29, 0.717) is 0 Å². The van der Waals surface area contributed by atoms with E-state index in [1.54, 1.807) is 13.8 Å². The quantitative estimate of drug-likeness (QED) is 0.357. The predicted molar refractivity (Wildman–Crippen MR) is 65.0 cm³/mol. The van der Waals surface area contributed by atoms with Crippen molar-refractivity contribution in [3.05, 3.63) is 34.1 Å². The molecule has 0 saturated heterocycles. The van der Waals surface area contributed by atoms with Crippen LogP contribution in [0.15, 0.2) is 23.1 Å². The van der Waals surface area contributed by atoms with Gasteiger partial charge in [-0.2, -0.15) is 0 Å². The summed E-state index contributed by atoms with van der Waals surface area (Å²) in [6.45, 7) is 3.43. The van der Waals surface area contributed by atoms with Crippen molar-refractivity contribution >= 4 is 23.4 Å². The molecule has 0 N–H and O–H groups in total. The highest BCUT2D eigenvalue weighted by Gasteiger charge is 2.13. The second-order valence-corrected chi connectivity index (χ2v) is 4.72. The van der Waals surface area contributed by atoms with Crippen LogP contribution in [0.5, 0.6) is 0 Å². The van der Waals surface area contributed by atoms with Gasteiger partial charge in [-0.05, 0) is 19.9 Å². The normalized spacial score (nSPS) is 10.4. The van der Waals surface area contributed by atoms with E-state index in [1.807, 2.05) is 0 Å². The number of hydrogen-bond donors (Lipinski definition) is 0. The zero-order valence-corrected chi connectivity index (χ0v) is 10.7. The second-order valence-electron chi connectivity index (χ2n) is 3.70. The van der Waals surface area contributed by atoms with Crippen molar-refractivity contribution in [1.82, 2.24) is 0 Å². The van der Waals surface area contributed by atoms with Crippen LogP contribution in [-0.4, -0.2) is 22.7 Å². The van der Waals surface area contributed by atoms with E-state index >= 15 is 0 Å². The van der Waals surface area contributed by atoms with Crippen molar-refractivity contribution in [2.24, 2.45) is 0 Å². The Balaban J connectivity index is 2.63. The van der Waals surface area contributed by atoms with Gasteiger partial charge in [-0.25, -0.2) is 4.39 Å². The lowest BCUT2D eigenvalue weighted by Crippen LogP contribution is -2.13. The number of hydrogen-bond acceptors (Lipinski definition) is 5. The Morgan fingerprint density at radius 3 is 2.72 bits per heavy atom. The summed E-state index contributed by atoms with van der Waals surface area (Å²) in [4.78, 5) is 21.2. The molecular formula is C11H12FNO4S. The van der Waals surface area contributed by atoms with Gasteiger partial charge in [-0.3, -0.25) is 14.9 Å². The van der Waals surface area contributed by atoms with Crippen LogP contribution in [0, 0.1) is 15.9 Å². The van der Waals surface area contributed by atoms with Crippen LogP contribution in [0.3, 0.4) is 0 Å². The van der Waals surface area contributed by atoms with Gasteiger partial charge in [0.15, 0.2) is 0 Å². The van der Waals surface area contributed by atoms with Crippen LogP contribution in [-0.2, 0) is 9.53 Å².